The number of likely N-dealkylation sites (N-methyl/N-ethyl adjacent to an activating group) is 1. The van der Waals surface area contributed by atoms with E-state index in [-0.39, 0.29) is 24.9 Å². The molecule has 0 heterocycles. The van der Waals surface area contributed by atoms with Gasteiger partial charge >= 0.3 is 0 Å². The molecule has 1 fully saturated rings. The highest BCUT2D eigenvalue weighted by atomic mass is 16.2. The second-order valence-electron chi connectivity index (χ2n) is 5.63. The number of benzene rings is 1. The van der Waals surface area contributed by atoms with E-state index < -0.39 is 0 Å². The van der Waals surface area contributed by atoms with Gasteiger partial charge in [0, 0.05) is 17.4 Å². The molecule has 1 aromatic carbocycles. The van der Waals surface area contributed by atoms with Crippen LogP contribution >= 0.6 is 0 Å². The summed E-state index contributed by atoms with van der Waals surface area (Å²) in [6.07, 6.45) is 2.12. The zero-order valence-corrected chi connectivity index (χ0v) is 12.5. The fourth-order valence-corrected chi connectivity index (χ4v) is 1.97. The molecule has 0 bridgehead atoms. The molecule has 0 aromatic heterocycles. The Morgan fingerprint density at radius 2 is 1.95 bits per heavy atom. The van der Waals surface area contributed by atoms with Crippen LogP contribution in [-0.4, -0.2) is 42.9 Å². The van der Waals surface area contributed by atoms with Crippen LogP contribution in [-0.2, 0) is 9.59 Å². The van der Waals surface area contributed by atoms with Crippen LogP contribution < -0.4 is 16.4 Å². The monoisotopic (exact) mass is 290 g/mol. The first-order valence-electron chi connectivity index (χ1n) is 7.08. The third-order valence-electron chi connectivity index (χ3n) is 3.33. The van der Waals surface area contributed by atoms with Gasteiger partial charge in [-0.05, 0) is 44.5 Å². The van der Waals surface area contributed by atoms with Gasteiger partial charge in [-0.25, -0.2) is 0 Å². The van der Waals surface area contributed by atoms with E-state index in [0.29, 0.717) is 17.4 Å². The highest BCUT2D eigenvalue weighted by Crippen LogP contribution is 2.18. The van der Waals surface area contributed by atoms with Crippen LogP contribution in [0.4, 0.5) is 11.4 Å². The summed E-state index contributed by atoms with van der Waals surface area (Å²) in [7, 11) is 1.75. The number of anilines is 2. The standard InChI is InChI=1S/C15H22N4O2/c1-10-3-4-12(7-13(10)16)18-15(21)9-19(2)8-14(20)17-11-5-6-11/h3-4,7,11H,5-6,8-9,16H2,1-2H3,(H,17,20)(H,18,21). The van der Waals surface area contributed by atoms with Gasteiger partial charge in [-0.2, -0.15) is 0 Å². The van der Waals surface area contributed by atoms with Crippen molar-refractivity contribution in [1.29, 1.82) is 0 Å². The number of aryl methyl sites for hydroxylation is 1. The summed E-state index contributed by atoms with van der Waals surface area (Å²) in [6, 6.07) is 5.74. The Balaban J connectivity index is 1.77. The molecule has 6 nitrogen and oxygen atoms in total. The number of nitrogens with two attached hydrogens (primary N) is 1. The molecule has 2 amide bonds. The minimum Gasteiger partial charge on any atom is -0.398 e. The van der Waals surface area contributed by atoms with Crippen LogP contribution in [0.2, 0.25) is 0 Å². The molecular formula is C15H22N4O2. The molecule has 1 aliphatic carbocycles. The number of nitrogens with zero attached hydrogens (tertiary/aromatic N) is 1. The number of carbonyl (C=O) groups is 2. The van der Waals surface area contributed by atoms with Crippen LogP contribution in [0.25, 0.3) is 0 Å². The zero-order valence-electron chi connectivity index (χ0n) is 12.5. The maximum Gasteiger partial charge on any atom is 0.238 e. The minimum atomic E-state index is -0.167. The van der Waals surface area contributed by atoms with Crippen LogP contribution in [0.1, 0.15) is 18.4 Å². The highest BCUT2D eigenvalue weighted by molar-refractivity contribution is 5.93. The van der Waals surface area contributed by atoms with Crippen molar-refractivity contribution < 1.29 is 9.59 Å². The van der Waals surface area contributed by atoms with E-state index in [1.165, 1.54) is 0 Å². The summed E-state index contributed by atoms with van der Waals surface area (Å²) >= 11 is 0. The molecule has 6 heteroatoms. The van der Waals surface area contributed by atoms with Crippen LogP contribution in [0, 0.1) is 6.92 Å². The van der Waals surface area contributed by atoms with Crippen molar-refractivity contribution in [1.82, 2.24) is 10.2 Å². The SMILES string of the molecule is Cc1ccc(NC(=O)CN(C)CC(=O)NC2CC2)cc1N. The topological polar surface area (TPSA) is 87.5 Å². The Morgan fingerprint density at radius 3 is 2.57 bits per heavy atom. The van der Waals surface area contributed by atoms with Crippen LogP contribution in [0.15, 0.2) is 18.2 Å². The van der Waals surface area contributed by atoms with Crippen molar-refractivity contribution in [2.24, 2.45) is 0 Å². The van der Waals surface area contributed by atoms with Crippen LogP contribution in [0.5, 0.6) is 0 Å². The number of hydrogen-bond donors (Lipinski definition) is 3. The molecule has 114 valence electrons. The first-order valence-corrected chi connectivity index (χ1v) is 7.08. The minimum absolute atomic E-state index is 0.0348. The number of rotatable bonds is 6. The summed E-state index contributed by atoms with van der Waals surface area (Å²) in [5.41, 5.74) is 8.08. The molecule has 0 saturated heterocycles. The lowest BCUT2D eigenvalue weighted by atomic mass is 10.2. The van der Waals surface area contributed by atoms with Gasteiger partial charge in [-0.1, -0.05) is 6.07 Å². The third kappa shape index (κ3) is 5.07. The largest absolute Gasteiger partial charge is 0.398 e. The fourth-order valence-electron chi connectivity index (χ4n) is 1.97. The quantitative estimate of drug-likeness (QED) is 0.674. The van der Waals surface area contributed by atoms with Gasteiger partial charge in [0.15, 0.2) is 0 Å². The average Bonchev–Trinajstić information content (AvgIpc) is 3.17. The lowest BCUT2D eigenvalue weighted by Gasteiger charge is -2.16. The van der Waals surface area contributed by atoms with E-state index >= 15 is 0 Å². The molecule has 21 heavy (non-hydrogen) atoms. The Labute approximate surface area is 124 Å². The molecule has 1 saturated carbocycles. The molecular weight excluding hydrogens is 268 g/mol. The predicted molar refractivity (Wildman–Crippen MR) is 82.9 cm³/mol. The van der Waals surface area contributed by atoms with Crippen molar-refractivity contribution in [2.45, 2.75) is 25.8 Å². The van der Waals surface area contributed by atoms with E-state index in [1.807, 2.05) is 19.1 Å². The summed E-state index contributed by atoms with van der Waals surface area (Å²) < 4.78 is 0. The van der Waals surface area contributed by atoms with E-state index in [0.717, 1.165) is 18.4 Å². The van der Waals surface area contributed by atoms with E-state index in [2.05, 4.69) is 10.6 Å². The second kappa shape index (κ2) is 6.58. The summed E-state index contributed by atoms with van der Waals surface area (Å²) in [5, 5.41) is 5.67. The number of carbonyl (C=O) groups excluding carboxylic acids is 2. The number of nitrogens with one attached hydrogen (secondary N) is 2. The average molecular weight is 290 g/mol. The van der Waals surface area contributed by atoms with E-state index in [1.54, 1.807) is 18.0 Å². The summed E-state index contributed by atoms with van der Waals surface area (Å²) in [6.45, 7) is 2.29. The Hall–Kier alpha value is -2.08. The van der Waals surface area contributed by atoms with Crippen molar-refractivity contribution in [2.75, 3.05) is 31.2 Å². The molecule has 0 spiro atoms. The van der Waals surface area contributed by atoms with E-state index in [9.17, 15) is 9.59 Å². The van der Waals surface area contributed by atoms with Gasteiger partial charge in [0.1, 0.15) is 0 Å². The number of nitrogen functional groups attached to an aromatic ring is 1. The first kappa shape index (κ1) is 15.3. The number of hydrogen-bond acceptors (Lipinski definition) is 4. The maximum absolute atomic E-state index is 11.9. The smallest absolute Gasteiger partial charge is 0.238 e. The number of amides is 2. The maximum atomic E-state index is 11.9. The Kier molecular flexibility index (Phi) is 4.80. The van der Waals surface area contributed by atoms with E-state index in [4.69, 9.17) is 5.73 Å². The van der Waals surface area contributed by atoms with Crippen LogP contribution in [0.3, 0.4) is 0 Å². The molecule has 1 aromatic rings. The predicted octanol–water partition coefficient (Wildman–Crippen LogP) is 0.726. The Bertz CT molecular complexity index is 540. The molecule has 0 radical (unpaired) electrons. The fraction of sp³-hybridized carbons (Fsp3) is 0.467. The van der Waals surface area contributed by atoms with Gasteiger partial charge in [-0.3, -0.25) is 14.5 Å². The molecule has 0 unspecified atom stereocenters. The van der Waals surface area contributed by atoms with Crippen molar-refractivity contribution in [3.05, 3.63) is 23.8 Å². The van der Waals surface area contributed by atoms with Gasteiger partial charge in [0.05, 0.1) is 13.1 Å². The third-order valence-corrected chi connectivity index (χ3v) is 3.33. The molecule has 2 rings (SSSR count). The van der Waals surface area contributed by atoms with Gasteiger partial charge < -0.3 is 16.4 Å². The normalized spacial score (nSPS) is 14.0. The molecule has 1 aliphatic rings. The molecule has 0 aliphatic heterocycles. The van der Waals surface area contributed by atoms with Gasteiger partial charge in [-0.15, -0.1) is 0 Å². The molecule has 0 atom stereocenters. The van der Waals surface area contributed by atoms with Crippen molar-refractivity contribution in [3.8, 4) is 0 Å². The lowest BCUT2D eigenvalue weighted by Crippen LogP contribution is -2.39. The van der Waals surface area contributed by atoms with Gasteiger partial charge in [0.25, 0.3) is 0 Å². The molecule has 4 N–H and O–H groups in total. The highest BCUT2D eigenvalue weighted by Gasteiger charge is 2.23. The first-order chi connectivity index (χ1) is 9.94. The Morgan fingerprint density at radius 1 is 1.29 bits per heavy atom. The zero-order chi connectivity index (χ0) is 15.4. The van der Waals surface area contributed by atoms with Crippen molar-refractivity contribution in [3.63, 3.8) is 0 Å². The van der Waals surface area contributed by atoms with Crippen molar-refractivity contribution >= 4 is 23.2 Å². The lowest BCUT2D eigenvalue weighted by molar-refractivity contribution is -0.123. The summed E-state index contributed by atoms with van der Waals surface area (Å²) in [5.74, 6) is -0.202. The second-order valence-corrected chi connectivity index (χ2v) is 5.63. The summed E-state index contributed by atoms with van der Waals surface area (Å²) in [4.78, 5) is 25.2. The van der Waals surface area contributed by atoms with Gasteiger partial charge in [0.2, 0.25) is 11.8 Å².